The Bertz CT molecular complexity index is 729. The molecule has 0 aliphatic carbocycles. The molecule has 0 amide bonds. The van der Waals surface area contributed by atoms with Gasteiger partial charge < -0.3 is 0 Å². The van der Waals surface area contributed by atoms with Gasteiger partial charge in [0, 0.05) is 26.2 Å². The second kappa shape index (κ2) is 5.77. The van der Waals surface area contributed by atoms with Gasteiger partial charge >= 0.3 is 0 Å². The molecular formula is C11H12N6O2S. The van der Waals surface area contributed by atoms with Gasteiger partial charge in [-0.05, 0) is 12.1 Å². The van der Waals surface area contributed by atoms with Crippen molar-refractivity contribution in [3.05, 3.63) is 36.2 Å². The molecule has 0 aromatic carbocycles. The van der Waals surface area contributed by atoms with E-state index in [0.717, 1.165) is 6.20 Å². The van der Waals surface area contributed by atoms with Crippen molar-refractivity contribution in [2.24, 2.45) is 7.05 Å². The van der Waals surface area contributed by atoms with Crippen LogP contribution in [-0.4, -0.2) is 34.7 Å². The smallest absolute Gasteiger partial charge is 0.242 e. The van der Waals surface area contributed by atoms with Gasteiger partial charge in [0.1, 0.15) is 23.0 Å². The van der Waals surface area contributed by atoms with Crippen molar-refractivity contribution in [1.82, 2.24) is 24.5 Å². The standard InChI is InChI=1S/C11H12N6O2S/c1-17-8-14-11(16-17)4-5-15-20(18,19)10-3-2-9(6-12)13-7-10/h2-3,7-8,15H,4-5H2,1H3. The maximum absolute atomic E-state index is 11.9. The molecule has 0 bridgehead atoms. The average Bonchev–Trinajstić information content (AvgIpc) is 2.84. The zero-order valence-electron chi connectivity index (χ0n) is 10.7. The van der Waals surface area contributed by atoms with Gasteiger partial charge in [0.15, 0.2) is 5.82 Å². The number of nitrogens with one attached hydrogen (secondary N) is 1. The highest BCUT2D eigenvalue weighted by Crippen LogP contribution is 2.07. The van der Waals surface area contributed by atoms with Crippen molar-refractivity contribution >= 4 is 10.0 Å². The van der Waals surface area contributed by atoms with Gasteiger partial charge in [-0.2, -0.15) is 10.4 Å². The van der Waals surface area contributed by atoms with Gasteiger partial charge in [-0.15, -0.1) is 0 Å². The number of aryl methyl sites for hydroxylation is 1. The third-order valence-electron chi connectivity index (χ3n) is 2.45. The van der Waals surface area contributed by atoms with Gasteiger partial charge in [-0.1, -0.05) is 0 Å². The van der Waals surface area contributed by atoms with Gasteiger partial charge in [0.2, 0.25) is 10.0 Å². The average molecular weight is 292 g/mol. The van der Waals surface area contributed by atoms with E-state index in [0.29, 0.717) is 12.2 Å². The highest BCUT2D eigenvalue weighted by Gasteiger charge is 2.14. The molecule has 20 heavy (non-hydrogen) atoms. The molecule has 0 aliphatic rings. The molecule has 0 spiro atoms. The Balaban J connectivity index is 1.98. The van der Waals surface area contributed by atoms with E-state index in [1.165, 1.54) is 12.1 Å². The Morgan fingerprint density at radius 2 is 2.20 bits per heavy atom. The van der Waals surface area contributed by atoms with Crippen LogP contribution in [0.1, 0.15) is 11.5 Å². The van der Waals surface area contributed by atoms with Crippen LogP contribution in [0.5, 0.6) is 0 Å². The number of hydrogen-bond acceptors (Lipinski definition) is 6. The van der Waals surface area contributed by atoms with Crippen LogP contribution >= 0.6 is 0 Å². The predicted molar refractivity (Wildman–Crippen MR) is 68.8 cm³/mol. The fourth-order valence-electron chi connectivity index (χ4n) is 1.48. The lowest BCUT2D eigenvalue weighted by molar-refractivity contribution is 0.580. The molecule has 2 aromatic rings. The summed E-state index contributed by atoms with van der Waals surface area (Å²) in [7, 11) is -1.89. The molecule has 2 aromatic heterocycles. The van der Waals surface area contributed by atoms with Crippen LogP contribution in [0.4, 0.5) is 0 Å². The van der Waals surface area contributed by atoms with Gasteiger partial charge in [-0.25, -0.2) is 23.1 Å². The normalized spacial score (nSPS) is 11.2. The quantitative estimate of drug-likeness (QED) is 0.802. The number of aromatic nitrogens is 4. The van der Waals surface area contributed by atoms with Crippen LogP contribution < -0.4 is 4.72 Å². The predicted octanol–water partition coefficient (Wildman–Crippen LogP) is -0.397. The summed E-state index contributed by atoms with van der Waals surface area (Å²) < 4.78 is 27.9. The molecular weight excluding hydrogens is 280 g/mol. The first-order valence-corrected chi connectivity index (χ1v) is 7.20. The Hall–Kier alpha value is -2.31. The zero-order chi connectivity index (χ0) is 14.6. The number of rotatable bonds is 5. The van der Waals surface area contributed by atoms with Crippen LogP contribution in [-0.2, 0) is 23.5 Å². The molecule has 0 unspecified atom stereocenters. The molecule has 0 atom stereocenters. The van der Waals surface area contributed by atoms with Crippen LogP contribution in [0, 0.1) is 11.3 Å². The maximum Gasteiger partial charge on any atom is 0.242 e. The van der Waals surface area contributed by atoms with E-state index in [-0.39, 0.29) is 17.1 Å². The largest absolute Gasteiger partial charge is 0.256 e. The molecule has 2 rings (SSSR count). The summed E-state index contributed by atoms with van der Waals surface area (Å²) >= 11 is 0. The molecule has 9 heteroatoms. The van der Waals surface area contributed by atoms with E-state index >= 15 is 0 Å². The van der Waals surface area contributed by atoms with Crippen molar-refractivity contribution < 1.29 is 8.42 Å². The summed E-state index contributed by atoms with van der Waals surface area (Å²) in [6.07, 6.45) is 3.10. The first kappa shape index (κ1) is 14.1. The van der Waals surface area contributed by atoms with Crippen LogP contribution in [0.15, 0.2) is 29.6 Å². The monoisotopic (exact) mass is 292 g/mol. The van der Waals surface area contributed by atoms with Crippen LogP contribution in [0.3, 0.4) is 0 Å². The Labute approximate surface area is 116 Å². The first-order chi connectivity index (χ1) is 9.51. The van der Waals surface area contributed by atoms with Crippen LogP contribution in [0.25, 0.3) is 0 Å². The molecule has 2 heterocycles. The molecule has 0 saturated carbocycles. The first-order valence-electron chi connectivity index (χ1n) is 5.71. The highest BCUT2D eigenvalue weighted by molar-refractivity contribution is 7.89. The molecule has 1 N–H and O–H groups in total. The molecule has 104 valence electrons. The summed E-state index contributed by atoms with van der Waals surface area (Å²) in [6.45, 7) is 0.187. The van der Waals surface area contributed by atoms with Gasteiger partial charge in [0.25, 0.3) is 0 Å². The van der Waals surface area contributed by atoms with Crippen LogP contribution in [0.2, 0.25) is 0 Å². The van der Waals surface area contributed by atoms with E-state index in [9.17, 15) is 8.42 Å². The lowest BCUT2D eigenvalue weighted by Gasteiger charge is -2.05. The van der Waals surface area contributed by atoms with E-state index in [2.05, 4.69) is 19.8 Å². The fourth-order valence-corrected chi connectivity index (χ4v) is 2.46. The Morgan fingerprint density at radius 1 is 1.40 bits per heavy atom. The number of pyridine rings is 1. The lowest BCUT2D eigenvalue weighted by Crippen LogP contribution is -2.26. The lowest BCUT2D eigenvalue weighted by atomic mass is 10.4. The summed E-state index contributed by atoms with van der Waals surface area (Å²) in [5.74, 6) is 0.563. The highest BCUT2D eigenvalue weighted by atomic mass is 32.2. The number of sulfonamides is 1. The summed E-state index contributed by atoms with van der Waals surface area (Å²) in [5.41, 5.74) is 0.168. The minimum Gasteiger partial charge on any atom is -0.256 e. The summed E-state index contributed by atoms with van der Waals surface area (Å²) in [5, 5.41) is 12.7. The van der Waals surface area contributed by atoms with Crippen molar-refractivity contribution in [2.75, 3.05) is 6.54 Å². The van der Waals surface area contributed by atoms with Crippen molar-refractivity contribution in [1.29, 1.82) is 5.26 Å². The number of nitriles is 1. The SMILES string of the molecule is Cn1cnc(CCNS(=O)(=O)c2ccc(C#N)nc2)n1. The van der Waals surface area contributed by atoms with E-state index < -0.39 is 10.0 Å². The molecule has 0 fully saturated rings. The van der Waals surface area contributed by atoms with Crippen molar-refractivity contribution in [3.63, 3.8) is 0 Å². The van der Waals surface area contributed by atoms with E-state index in [1.807, 2.05) is 6.07 Å². The minimum atomic E-state index is -3.63. The summed E-state index contributed by atoms with van der Waals surface area (Å²) in [6, 6.07) is 4.52. The maximum atomic E-state index is 11.9. The fraction of sp³-hybridized carbons (Fsp3) is 0.273. The zero-order valence-corrected chi connectivity index (χ0v) is 11.5. The molecule has 0 saturated heterocycles. The number of hydrogen-bond donors (Lipinski definition) is 1. The molecule has 8 nitrogen and oxygen atoms in total. The Morgan fingerprint density at radius 3 is 2.75 bits per heavy atom. The molecule has 0 aliphatic heterocycles. The molecule has 0 radical (unpaired) electrons. The van der Waals surface area contributed by atoms with Crippen molar-refractivity contribution in [3.8, 4) is 6.07 Å². The number of nitrogens with zero attached hydrogens (tertiary/aromatic N) is 5. The minimum absolute atomic E-state index is 0.0190. The van der Waals surface area contributed by atoms with E-state index in [4.69, 9.17) is 5.26 Å². The van der Waals surface area contributed by atoms with E-state index in [1.54, 1.807) is 18.1 Å². The van der Waals surface area contributed by atoms with Crippen molar-refractivity contribution in [2.45, 2.75) is 11.3 Å². The summed E-state index contributed by atoms with van der Waals surface area (Å²) in [4.78, 5) is 7.74. The van der Waals surface area contributed by atoms with Gasteiger partial charge in [-0.3, -0.25) is 4.68 Å². The second-order valence-corrected chi connectivity index (χ2v) is 5.74. The second-order valence-electron chi connectivity index (χ2n) is 3.97. The third kappa shape index (κ3) is 3.37. The third-order valence-corrected chi connectivity index (χ3v) is 3.90. The van der Waals surface area contributed by atoms with Gasteiger partial charge in [0.05, 0.1) is 0 Å². The topological polar surface area (TPSA) is 114 Å². The Kier molecular flexibility index (Phi) is 4.07.